The number of aryl methyl sites for hydroxylation is 1. The first kappa shape index (κ1) is 16.0. The minimum Gasteiger partial charge on any atom is -0.395 e. The van der Waals surface area contributed by atoms with Gasteiger partial charge in [0.15, 0.2) is 0 Å². The van der Waals surface area contributed by atoms with Gasteiger partial charge in [0, 0.05) is 13.1 Å². The van der Waals surface area contributed by atoms with Crippen molar-refractivity contribution in [3.63, 3.8) is 0 Å². The van der Waals surface area contributed by atoms with Crippen molar-refractivity contribution in [1.82, 2.24) is 4.31 Å². The lowest BCUT2D eigenvalue weighted by atomic mass is 10.2. The number of nitrogens with zero attached hydrogens (tertiary/aromatic N) is 1. The van der Waals surface area contributed by atoms with E-state index in [1.165, 1.54) is 6.92 Å². The Balaban J connectivity index is 3.28. The second kappa shape index (κ2) is 6.40. The zero-order valence-electron chi connectivity index (χ0n) is 10.9. The number of hydrogen-bond donors (Lipinski definition) is 1. The minimum atomic E-state index is -4.14. The van der Waals surface area contributed by atoms with E-state index in [2.05, 4.69) is 0 Å². The molecule has 0 amide bonds. The number of sulfonamides is 1. The zero-order chi connectivity index (χ0) is 14.6. The van der Waals surface area contributed by atoms with Crippen molar-refractivity contribution in [3.05, 3.63) is 29.3 Å². The molecule has 0 aromatic heterocycles. The van der Waals surface area contributed by atoms with Crippen LogP contribution in [0, 0.1) is 18.6 Å². The van der Waals surface area contributed by atoms with Crippen LogP contribution in [0.2, 0.25) is 0 Å². The monoisotopic (exact) mass is 293 g/mol. The van der Waals surface area contributed by atoms with Gasteiger partial charge in [-0.2, -0.15) is 4.31 Å². The van der Waals surface area contributed by atoms with Gasteiger partial charge in [-0.3, -0.25) is 0 Å². The average Bonchev–Trinajstić information content (AvgIpc) is 2.33. The van der Waals surface area contributed by atoms with E-state index in [9.17, 15) is 17.2 Å². The number of rotatable bonds is 6. The Morgan fingerprint density at radius 2 is 1.84 bits per heavy atom. The van der Waals surface area contributed by atoms with E-state index < -0.39 is 26.6 Å². The van der Waals surface area contributed by atoms with E-state index in [1.54, 1.807) is 6.92 Å². The van der Waals surface area contributed by atoms with Crippen LogP contribution in [0.4, 0.5) is 8.78 Å². The van der Waals surface area contributed by atoms with Crippen LogP contribution in [0.15, 0.2) is 17.0 Å². The molecule has 0 spiro atoms. The van der Waals surface area contributed by atoms with Gasteiger partial charge in [0.1, 0.15) is 16.5 Å². The van der Waals surface area contributed by atoms with Crippen LogP contribution in [0.25, 0.3) is 0 Å². The van der Waals surface area contributed by atoms with Gasteiger partial charge in [-0.05, 0) is 31.0 Å². The van der Waals surface area contributed by atoms with Crippen LogP contribution in [0.1, 0.15) is 18.9 Å². The molecule has 0 radical (unpaired) electrons. The highest BCUT2D eigenvalue weighted by molar-refractivity contribution is 7.89. The molecule has 4 nitrogen and oxygen atoms in total. The third-order valence-corrected chi connectivity index (χ3v) is 4.57. The molecule has 0 bridgehead atoms. The lowest BCUT2D eigenvalue weighted by molar-refractivity contribution is 0.253. The first-order valence-corrected chi connectivity index (χ1v) is 7.35. The van der Waals surface area contributed by atoms with E-state index in [4.69, 9.17) is 5.11 Å². The molecule has 0 saturated carbocycles. The zero-order valence-corrected chi connectivity index (χ0v) is 11.7. The summed E-state index contributed by atoms with van der Waals surface area (Å²) >= 11 is 0. The molecule has 108 valence electrons. The van der Waals surface area contributed by atoms with Crippen LogP contribution in [0.5, 0.6) is 0 Å². The van der Waals surface area contributed by atoms with Gasteiger partial charge in [-0.15, -0.1) is 0 Å². The smallest absolute Gasteiger partial charge is 0.246 e. The van der Waals surface area contributed by atoms with Crippen molar-refractivity contribution in [2.75, 3.05) is 19.7 Å². The van der Waals surface area contributed by atoms with Gasteiger partial charge in [-0.1, -0.05) is 6.92 Å². The molecule has 0 aliphatic rings. The van der Waals surface area contributed by atoms with Gasteiger partial charge in [0.2, 0.25) is 10.0 Å². The number of aliphatic hydroxyl groups is 1. The van der Waals surface area contributed by atoms with Crippen LogP contribution < -0.4 is 0 Å². The third-order valence-electron chi connectivity index (χ3n) is 2.65. The predicted octanol–water partition coefficient (Wildman–Crippen LogP) is 1.67. The van der Waals surface area contributed by atoms with Crippen molar-refractivity contribution < 1.29 is 22.3 Å². The van der Waals surface area contributed by atoms with Gasteiger partial charge in [-0.25, -0.2) is 17.2 Å². The molecule has 0 saturated heterocycles. The van der Waals surface area contributed by atoms with Crippen molar-refractivity contribution in [1.29, 1.82) is 0 Å². The van der Waals surface area contributed by atoms with Crippen LogP contribution in [-0.4, -0.2) is 37.5 Å². The summed E-state index contributed by atoms with van der Waals surface area (Å²) in [6.45, 7) is 2.72. The van der Waals surface area contributed by atoms with Gasteiger partial charge < -0.3 is 5.11 Å². The van der Waals surface area contributed by atoms with E-state index in [1.807, 2.05) is 0 Å². The van der Waals surface area contributed by atoms with Crippen LogP contribution in [0.3, 0.4) is 0 Å². The number of hydrogen-bond acceptors (Lipinski definition) is 3. The SMILES string of the molecule is CCCN(CCO)S(=O)(=O)c1cc(F)c(C)cc1F. The molecule has 0 heterocycles. The Morgan fingerprint density at radius 3 is 2.37 bits per heavy atom. The Bertz CT molecular complexity index is 540. The molecule has 0 fully saturated rings. The van der Waals surface area contributed by atoms with Crippen LogP contribution in [-0.2, 0) is 10.0 Å². The standard InChI is InChI=1S/C12H17F2NO3S/c1-3-4-15(5-6-16)19(17,18)12-8-10(13)9(2)7-11(12)14/h7-8,16H,3-6H2,1-2H3. The summed E-state index contributed by atoms with van der Waals surface area (Å²) in [6.07, 6.45) is 0.509. The Hall–Kier alpha value is -1.05. The molecule has 1 N–H and O–H groups in total. The summed E-state index contributed by atoms with van der Waals surface area (Å²) in [7, 11) is -4.14. The van der Waals surface area contributed by atoms with Gasteiger partial charge in [0.05, 0.1) is 6.61 Å². The lowest BCUT2D eigenvalue weighted by Crippen LogP contribution is -2.34. The Morgan fingerprint density at radius 1 is 1.21 bits per heavy atom. The normalized spacial score (nSPS) is 12.1. The fraction of sp³-hybridized carbons (Fsp3) is 0.500. The van der Waals surface area contributed by atoms with E-state index in [0.29, 0.717) is 12.5 Å². The lowest BCUT2D eigenvalue weighted by Gasteiger charge is -2.21. The van der Waals surface area contributed by atoms with Gasteiger partial charge >= 0.3 is 0 Å². The highest BCUT2D eigenvalue weighted by Crippen LogP contribution is 2.22. The first-order chi connectivity index (χ1) is 8.84. The summed E-state index contributed by atoms with van der Waals surface area (Å²) in [5, 5.41) is 8.87. The van der Waals surface area contributed by atoms with Crippen molar-refractivity contribution >= 4 is 10.0 Å². The second-order valence-corrected chi connectivity index (χ2v) is 6.07. The maximum atomic E-state index is 13.7. The van der Waals surface area contributed by atoms with Gasteiger partial charge in [0.25, 0.3) is 0 Å². The van der Waals surface area contributed by atoms with Crippen molar-refractivity contribution in [3.8, 4) is 0 Å². The summed E-state index contributed by atoms with van der Waals surface area (Å²) in [5.74, 6) is -1.77. The highest BCUT2D eigenvalue weighted by Gasteiger charge is 2.27. The van der Waals surface area contributed by atoms with E-state index >= 15 is 0 Å². The number of benzene rings is 1. The quantitative estimate of drug-likeness (QED) is 0.868. The molecule has 1 aromatic carbocycles. The third kappa shape index (κ3) is 3.49. The maximum Gasteiger partial charge on any atom is 0.246 e. The maximum absolute atomic E-state index is 13.7. The molecule has 1 rings (SSSR count). The molecular formula is C12H17F2NO3S. The molecule has 7 heteroatoms. The van der Waals surface area contributed by atoms with Crippen molar-refractivity contribution in [2.45, 2.75) is 25.2 Å². The minimum absolute atomic E-state index is 0.0423. The molecule has 0 unspecified atom stereocenters. The predicted molar refractivity (Wildman–Crippen MR) is 67.2 cm³/mol. The van der Waals surface area contributed by atoms with E-state index in [0.717, 1.165) is 10.4 Å². The molecule has 1 aromatic rings. The van der Waals surface area contributed by atoms with E-state index in [-0.39, 0.29) is 25.3 Å². The van der Waals surface area contributed by atoms with Crippen LogP contribution >= 0.6 is 0 Å². The summed E-state index contributed by atoms with van der Waals surface area (Å²) < 4.78 is 52.5. The topological polar surface area (TPSA) is 57.6 Å². The summed E-state index contributed by atoms with van der Waals surface area (Å²) in [4.78, 5) is -0.697. The second-order valence-electron chi connectivity index (χ2n) is 4.16. The first-order valence-electron chi connectivity index (χ1n) is 5.91. The molecule has 0 aliphatic heterocycles. The fourth-order valence-electron chi connectivity index (χ4n) is 1.68. The molecule has 0 aliphatic carbocycles. The largest absolute Gasteiger partial charge is 0.395 e. The number of aliphatic hydroxyl groups excluding tert-OH is 1. The average molecular weight is 293 g/mol. The Labute approximate surface area is 111 Å². The fourth-order valence-corrected chi connectivity index (χ4v) is 3.26. The summed E-state index contributed by atoms with van der Waals surface area (Å²) in [5.41, 5.74) is 0.0423. The number of halogens is 2. The highest BCUT2D eigenvalue weighted by atomic mass is 32.2. The molecule has 0 atom stereocenters. The molecular weight excluding hydrogens is 276 g/mol. The summed E-state index contributed by atoms with van der Waals surface area (Å²) in [6, 6.07) is 1.53. The Kier molecular flexibility index (Phi) is 5.39. The van der Waals surface area contributed by atoms with Crippen molar-refractivity contribution in [2.24, 2.45) is 0 Å². The molecule has 19 heavy (non-hydrogen) atoms.